The minimum absolute atomic E-state index is 0.221. The first-order valence-electron chi connectivity index (χ1n) is 6.02. The summed E-state index contributed by atoms with van der Waals surface area (Å²) in [6.07, 6.45) is 0. The van der Waals surface area contributed by atoms with Gasteiger partial charge < -0.3 is 10.1 Å². The molecule has 20 heavy (non-hydrogen) atoms. The lowest BCUT2D eigenvalue weighted by Gasteiger charge is -2.20. The monoisotopic (exact) mass is 313 g/mol. The van der Waals surface area contributed by atoms with E-state index in [1.165, 1.54) is 12.1 Å². The molecule has 0 radical (unpaired) electrons. The van der Waals surface area contributed by atoms with Gasteiger partial charge in [-0.05, 0) is 42.4 Å². The van der Waals surface area contributed by atoms with Gasteiger partial charge >= 0.3 is 0 Å². The lowest BCUT2D eigenvalue weighted by molar-refractivity contribution is 0.414. The molecule has 5 heteroatoms. The molecule has 1 atom stereocenters. The minimum Gasteiger partial charge on any atom is -0.497 e. The Morgan fingerprint density at radius 2 is 1.65 bits per heavy atom. The molecule has 0 spiro atoms. The third-order valence-electron chi connectivity index (χ3n) is 3.08. The highest BCUT2D eigenvalue weighted by molar-refractivity contribution is 6.32. The van der Waals surface area contributed by atoms with Gasteiger partial charge in [0.2, 0.25) is 0 Å². The van der Waals surface area contributed by atoms with Gasteiger partial charge in [-0.3, -0.25) is 0 Å². The molecule has 2 aromatic carbocycles. The van der Waals surface area contributed by atoms with E-state index in [1.807, 2.05) is 12.1 Å². The van der Waals surface area contributed by atoms with E-state index in [9.17, 15) is 4.39 Å². The third-order valence-corrected chi connectivity index (χ3v) is 3.74. The number of nitrogens with one attached hydrogen (secondary N) is 1. The number of benzene rings is 2. The van der Waals surface area contributed by atoms with Gasteiger partial charge in [-0.1, -0.05) is 35.3 Å². The van der Waals surface area contributed by atoms with Crippen molar-refractivity contribution in [2.24, 2.45) is 0 Å². The van der Waals surface area contributed by atoms with E-state index in [1.54, 1.807) is 26.3 Å². The van der Waals surface area contributed by atoms with Crippen LogP contribution in [0.1, 0.15) is 17.2 Å². The van der Waals surface area contributed by atoms with Crippen molar-refractivity contribution in [1.82, 2.24) is 5.32 Å². The van der Waals surface area contributed by atoms with E-state index in [2.05, 4.69) is 5.32 Å². The first kappa shape index (κ1) is 15.1. The zero-order chi connectivity index (χ0) is 14.7. The highest BCUT2D eigenvalue weighted by Crippen LogP contribution is 2.34. The summed E-state index contributed by atoms with van der Waals surface area (Å²) in [6.45, 7) is 0. The Balaban J connectivity index is 2.47. The normalized spacial score (nSPS) is 12.2. The highest BCUT2D eigenvalue weighted by atomic mass is 35.5. The van der Waals surface area contributed by atoms with Crippen LogP contribution in [0.4, 0.5) is 4.39 Å². The van der Waals surface area contributed by atoms with Gasteiger partial charge in [-0.25, -0.2) is 4.39 Å². The van der Waals surface area contributed by atoms with Gasteiger partial charge in [0.25, 0.3) is 0 Å². The van der Waals surface area contributed by atoms with Gasteiger partial charge in [0.15, 0.2) is 0 Å². The average molecular weight is 314 g/mol. The molecule has 0 aliphatic carbocycles. The molecule has 2 aromatic rings. The first-order chi connectivity index (χ1) is 9.56. The second-order valence-electron chi connectivity index (χ2n) is 4.27. The zero-order valence-electron chi connectivity index (χ0n) is 11.1. The molecular formula is C15H14Cl2FNO. The number of hydrogen-bond acceptors (Lipinski definition) is 2. The fraction of sp³-hybridized carbons (Fsp3) is 0.200. The molecule has 0 aliphatic rings. The predicted octanol–water partition coefficient (Wildman–Crippen LogP) is 4.45. The van der Waals surface area contributed by atoms with Gasteiger partial charge in [0.05, 0.1) is 13.2 Å². The summed E-state index contributed by atoms with van der Waals surface area (Å²) in [7, 11) is 3.38. The number of methoxy groups -OCH3 is 1. The predicted molar refractivity (Wildman–Crippen MR) is 80.3 cm³/mol. The molecule has 0 aliphatic heterocycles. The van der Waals surface area contributed by atoms with Gasteiger partial charge in [-0.2, -0.15) is 0 Å². The minimum atomic E-state index is -0.366. The molecule has 2 rings (SSSR count). The van der Waals surface area contributed by atoms with Crippen LogP contribution in [0.3, 0.4) is 0 Å². The van der Waals surface area contributed by atoms with Crippen molar-refractivity contribution in [3.63, 3.8) is 0 Å². The Kier molecular flexibility index (Phi) is 4.86. The molecule has 0 fully saturated rings. The van der Waals surface area contributed by atoms with Gasteiger partial charge in [0, 0.05) is 10.0 Å². The molecule has 0 heterocycles. The van der Waals surface area contributed by atoms with Crippen molar-refractivity contribution < 1.29 is 9.13 Å². The molecule has 1 N–H and O–H groups in total. The Labute approximate surface area is 127 Å². The number of hydrogen-bond donors (Lipinski definition) is 1. The fourth-order valence-electron chi connectivity index (χ4n) is 2.08. The highest BCUT2D eigenvalue weighted by Gasteiger charge is 2.18. The Morgan fingerprint density at radius 3 is 2.15 bits per heavy atom. The van der Waals surface area contributed by atoms with E-state index in [4.69, 9.17) is 27.9 Å². The van der Waals surface area contributed by atoms with Crippen LogP contribution in [-0.4, -0.2) is 14.2 Å². The SMILES string of the molecule is CNC(c1ccc(F)cc1Cl)c1ccc(OC)cc1Cl. The summed E-state index contributed by atoms with van der Waals surface area (Å²) in [5.41, 5.74) is 1.62. The average Bonchev–Trinajstić information content (AvgIpc) is 2.43. The van der Waals surface area contributed by atoms with Crippen LogP contribution in [0, 0.1) is 5.82 Å². The van der Waals surface area contributed by atoms with E-state index in [0.717, 1.165) is 11.1 Å². The van der Waals surface area contributed by atoms with E-state index < -0.39 is 0 Å². The Bertz CT molecular complexity index is 619. The first-order valence-corrected chi connectivity index (χ1v) is 6.78. The maximum Gasteiger partial charge on any atom is 0.124 e. The summed E-state index contributed by atoms with van der Waals surface area (Å²) in [5, 5.41) is 4.06. The lowest BCUT2D eigenvalue weighted by Crippen LogP contribution is -2.18. The third kappa shape index (κ3) is 3.06. The fourth-order valence-corrected chi connectivity index (χ4v) is 2.64. The van der Waals surface area contributed by atoms with Crippen LogP contribution in [0.15, 0.2) is 36.4 Å². The maximum atomic E-state index is 13.1. The topological polar surface area (TPSA) is 21.3 Å². The number of halogens is 3. The molecule has 0 aromatic heterocycles. The molecule has 0 bridgehead atoms. The zero-order valence-corrected chi connectivity index (χ0v) is 12.6. The smallest absolute Gasteiger partial charge is 0.124 e. The summed E-state index contributed by atoms with van der Waals surface area (Å²) in [6, 6.07) is 9.52. The molecule has 1 unspecified atom stereocenters. The Morgan fingerprint density at radius 1 is 1.05 bits per heavy atom. The van der Waals surface area contributed by atoms with Crippen LogP contribution in [0.25, 0.3) is 0 Å². The number of ether oxygens (including phenoxy) is 1. The second kappa shape index (κ2) is 6.44. The quantitative estimate of drug-likeness (QED) is 0.900. The van der Waals surface area contributed by atoms with Crippen LogP contribution >= 0.6 is 23.2 Å². The van der Waals surface area contributed by atoms with Crippen molar-refractivity contribution in [3.8, 4) is 5.75 Å². The summed E-state index contributed by atoms with van der Waals surface area (Å²) in [5.74, 6) is 0.313. The molecule has 0 amide bonds. The van der Waals surface area contributed by atoms with Crippen molar-refractivity contribution >= 4 is 23.2 Å². The maximum absolute atomic E-state index is 13.1. The van der Waals surface area contributed by atoms with Crippen LogP contribution in [-0.2, 0) is 0 Å². The van der Waals surface area contributed by atoms with Crippen LogP contribution < -0.4 is 10.1 Å². The van der Waals surface area contributed by atoms with Crippen molar-refractivity contribution in [2.45, 2.75) is 6.04 Å². The molecule has 106 valence electrons. The standard InChI is InChI=1S/C15H14Cl2FNO/c1-19-15(11-5-3-9(18)7-13(11)16)12-6-4-10(20-2)8-14(12)17/h3-8,15,19H,1-2H3. The van der Waals surface area contributed by atoms with E-state index >= 15 is 0 Å². The lowest BCUT2D eigenvalue weighted by atomic mass is 9.98. The summed E-state index contributed by atoms with van der Waals surface area (Å²) < 4.78 is 18.3. The van der Waals surface area contributed by atoms with Gasteiger partial charge in [-0.15, -0.1) is 0 Å². The number of rotatable bonds is 4. The van der Waals surface area contributed by atoms with Crippen molar-refractivity contribution in [3.05, 3.63) is 63.4 Å². The van der Waals surface area contributed by atoms with Crippen molar-refractivity contribution in [2.75, 3.05) is 14.2 Å². The van der Waals surface area contributed by atoms with Crippen LogP contribution in [0.5, 0.6) is 5.75 Å². The van der Waals surface area contributed by atoms with E-state index in [0.29, 0.717) is 15.8 Å². The van der Waals surface area contributed by atoms with E-state index in [-0.39, 0.29) is 11.9 Å². The Hall–Kier alpha value is -1.29. The largest absolute Gasteiger partial charge is 0.497 e. The molecule has 2 nitrogen and oxygen atoms in total. The molecule has 0 saturated heterocycles. The molecule has 0 saturated carbocycles. The van der Waals surface area contributed by atoms with Crippen molar-refractivity contribution in [1.29, 1.82) is 0 Å². The van der Waals surface area contributed by atoms with Crippen LogP contribution in [0.2, 0.25) is 10.0 Å². The summed E-state index contributed by atoms with van der Waals surface area (Å²) >= 11 is 12.4. The summed E-state index contributed by atoms with van der Waals surface area (Å²) in [4.78, 5) is 0. The second-order valence-corrected chi connectivity index (χ2v) is 5.09. The molecular weight excluding hydrogens is 300 g/mol. The van der Waals surface area contributed by atoms with Gasteiger partial charge in [0.1, 0.15) is 11.6 Å².